The first-order valence-electron chi connectivity index (χ1n) is 12.9. The molecule has 2 aromatic rings. The molecule has 2 heterocycles. The maximum absolute atomic E-state index is 13.2. The Hall–Kier alpha value is -2.89. The standard InChI is InChI=1S/C28H34N4O2/c33-26(32-11-9-31(10-12-32)25-5-7-29-8-6-25)24-3-1-20(2-4-24)19-30-27(34)28-16-21-13-22(17-28)15-23(14-21)18-28/h1-8,21-23H,9-19H2,(H,30,34). The van der Waals surface area contributed by atoms with Gasteiger partial charge < -0.3 is 15.1 Å². The Balaban J connectivity index is 1.02. The van der Waals surface area contributed by atoms with Gasteiger partial charge in [-0.1, -0.05) is 12.1 Å². The van der Waals surface area contributed by atoms with Crippen LogP contribution >= 0.6 is 0 Å². The molecule has 2 amide bonds. The normalized spacial score (nSPS) is 29.8. The molecule has 1 aromatic heterocycles. The maximum Gasteiger partial charge on any atom is 0.253 e. The number of hydrogen-bond acceptors (Lipinski definition) is 4. The number of anilines is 1. The Bertz CT molecular complexity index is 1010. The molecule has 1 aliphatic heterocycles. The molecule has 34 heavy (non-hydrogen) atoms. The van der Waals surface area contributed by atoms with Crippen LogP contribution in [0, 0.1) is 23.2 Å². The number of pyridine rings is 1. The van der Waals surface area contributed by atoms with Crippen LogP contribution in [0.3, 0.4) is 0 Å². The molecule has 5 fully saturated rings. The van der Waals surface area contributed by atoms with Crippen LogP contribution < -0.4 is 10.2 Å². The van der Waals surface area contributed by atoms with Crippen molar-refractivity contribution in [3.8, 4) is 0 Å². The molecule has 4 bridgehead atoms. The third-order valence-corrected chi connectivity index (χ3v) is 8.77. The number of rotatable bonds is 5. The van der Waals surface area contributed by atoms with Crippen LogP contribution in [0.1, 0.15) is 54.4 Å². The van der Waals surface area contributed by atoms with Gasteiger partial charge in [0.15, 0.2) is 0 Å². The first-order valence-corrected chi connectivity index (χ1v) is 12.9. The Morgan fingerprint density at radius 3 is 2.03 bits per heavy atom. The van der Waals surface area contributed by atoms with Gasteiger partial charge in [0.05, 0.1) is 0 Å². The molecular weight excluding hydrogens is 424 g/mol. The summed E-state index contributed by atoms with van der Waals surface area (Å²) in [6.07, 6.45) is 10.9. The number of hydrogen-bond donors (Lipinski definition) is 1. The van der Waals surface area contributed by atoms with Gasteiger partial charge in [-0.3, -0.25) is 14.6 Å². The second kappa shape index (κ2) is 8.71. The van der Waals surface area contributed by atoms with E-state index in [4.69, 9.17) is 0 Å². The first-order chi connectivity index (χ1) is 16.6. The largest absolute Gasteiger partial charge is 0.368 e. The van der Waals surface area contributed by atoms with Crippen molar-refractivity contribution in [2.75, 3.05) is 31.1 Å². The summed E-state index contributed by atoms with van der Waals surface area (Å²) in [6, 6.07) is 11.8. The summed E-state index contributed by atoms with van der Waals surface area (Å²) < 4.78 is 0. The van der Waals surface area contributed by atoms with E-state index in [1.807, 2.05) is 41.3 Å². The summed E-state index contributed by atoms with van der Waals surface area (Å²) in [7, 11) is 0. The molecule has 0 atom stereocenters. The first kappa shape index (κ1) is 21.6. The summed E-state index contributed by atoms with van der Waals surface area (Å²) in [5.74, 6) is 2.66. The fourth-order valence-corrected chi connectivity index (χ4v) is 7.43. The highest BCUT2D eigenvalue weighted by molar-refractivity contribution is 5.94. The van der Waals surface area contributed by atoms with Gasteiger partial charge in [-0.2, -0.15) is 0 Å². The van der Waals surface area contributed by atoms with Crippen molar-refractivity contribution in [2.45, 2.75) is 45.1 Å². The van der Waals surface area contributed by atoms with Gasteiger partial charge in [0.2, 0.25) is 5.91 Å². The van der Waals surface area contributed by atoms with Crippen LogP contribution in [-0.4, -0.2) is 47.9 Å². The molecule has 4 aliphatic carbocycles. The second-order valence-electron chi connectivity index (χ2n) is 11.1. The minimum atomic E-state index is -0.108. The summed E-state index contributed by atoms with van der Waals surface area (Å²) >= 11 is 0. The number of carbonyl (C=O) groups excluding carboxylic acids is 2. The molecule has 0 unspecified atom stereocenters. The van der Waals surface area contributed by atoms with Crippen molar-refractivity contribution in [3.05, 3.63) is 59.9 Å². The van der Waals surface area contributed by atoms with Crippen LogP contribution in [-0.2, 0) is 11.3 Å². The Morgan fingerprint density at radius 2 is 1.44 bits per heavy atom. The van der Waals surface area contributed by atoms with Gasteiger partial charge >= 0.3 is 0 Å². The fourth-order valence-electron chi connectivity index (χ4n) is 7.43. The van der Waals surface area contributed by atoms with E-state index < -0.39 is 0 Å². The molecular formula is C28H34N4O2. The smallest absolute Gasteiger partial charge is 0.253 e. The van der Waals surface area contributed by atoms with Crippen molar-refractivity contribution in [3.63, 3.8) is 0 Å². The van der Waals surface area contributed by atoms with E-state index in [2.05, 4.69) is 15.2 Å². The number of piperazine rings is 1. The molecule has 1 N–H and O–H groups in total. The van der Waals surface area contributed by atoms with Crippen LogP contribution in [0.2, 0.25) is 0 Å². The van der Waals surface area contributed by atoms with Crippen molar-refractivity contribution in [2.24, 2.45) is 23.2 Å². The van der Waals surface area contributed by atoms with Crippen molar-refractivity contribution in [1.82, 2.24) is 15.2 Å². The van der Waals surface area contributed by atoms with Gasteiger partial charge in [0.25, 0.3) is 5.91 Å². The minimum absolute atomic E-state index is 0.0820. The Morgan fingerprint density at radius 1 is 0.853 bits per heavy atom. The van der Waals surface area contributed by atoms with E-state index in [0.29, 0.717) is 25.2 Å². The Labute approximate surface area is 201 Å². The van der Waals surface area contributed by atoms with Crippen LogP contribution in [0.25, 0.3) is 0 Å². The highest BCUT2D eigenvalue weighted by Crippen LogP contribution is 2.60. The SMILES string of the molecule is O=C(c1ccc(CNC(=O)C23CC4CC(CC(C4)C2)C3)cc1)N1CCN(c2ccncc2)CC1. The van der Waals surface area contributed by atoms with E-state index >= 15 is 0 Å². The minimum Gasteiger partial charge on any atom is -0.368 e. The summed E-state index contributed by atoms with van der Waals surface area (Å²) in [6.45, 7) is 3.61. The highest BCUT2D eigenvalue weighted by atomic mass is 16.2. The number of aromatic nitrogens is 1. The van der Waals surface area contributed by atoms with Crippen LogP contribution in [0.5, 0.6) is 0 Å². The third-order valence-electron chi connectivity index (χ3n) is 8.77. The van der Waals surface area contributed by atoms with Crippen LogP contribution in [0.15, 0.2) is 48.8 Å². The molecule has 6 nitrogen and oxygen atoms in total. The topological polar surface area (TPSA) is 65.5 Å². The molecule has 7 rings (SSSR count). The van der Waals surface area contributed by atoms with E-state index in [1.54, 1.807) is 12.4 Å². The average Bonchev–Trinajstić information content (AvgIpc) is 2.87. The van der Waals surface area contributed by atoms with Crippen molar-refractivity contribution in [1.29, 1.82) is 0 Å². The number of amides is 2. The van der Waals surface area contributed by atoms with Gasteiger partial charge in [0, 0.05) is 61.8 Å². The van der Waals surface area contributed by atoms with Crippen molar-refractivity contribution >= 4 is 17.5 Å². The van der Waals surface area contributed by atoms with Crippen molar-refractivity contribution < 1.29 is 9.59 Å². The molecule has 1 saturated heterocycles. The summed E-state index contributed by atoms with van der Waals surface area (Å²) in [5, 5.41) is 3.24. The predicted octanol–water partition coefficient (Wildman–Crippen LogP) is 3.88. The maximum atomic E-state index is 13.2. The van der Waals surface area contributed by atoms with Crippen LogP contribution in [0.4, 0.5) is 5.69 Å². The molecule has 5 aliphatic rings. The molecule has 0 spiro atoms. The monoisotopic (exact) mass is 458 g/mol. The summed E-state index contributed by atoms with van der Waals surface area (Å²) in [5.41, 5.74) is 2.82. The van der Waals surface area contributed by atoms with Gasteiger partial charge in [0.1, 0.15) is 0 Å². The third kappa shape index (κ3) is 4.08. The fraction of sp³-hybridized carbons (Fsp3) is 0.536. The number of benzene rings is 1. The zero-order valence-electron chi connectivity index (χ0n) is 19.8. The summed E-state index contributed by atoms with van der Waals surface area (Å²) in [4.78, 5) is 34.5. The van der Waals surface area contributed by atoms with E-state index in [1.165, 1.54) is 19.3 Å². The Kier molecular flexibility index (Phi) is 5.54. The molecule has 178 valence electrons. The lowest BCUT2D eigenvalue weighted by Crippen LogP contribution is -2.53. The molecule has 1 aromatic carbocycles. The second-order valence-corrected chi connectivity index (χ2v) is 11.1. The van der Waals surface area contributed by atoms with E-state index in [9.17, 15) is 9.59 Å². The molecule has 4 saturated carbocycles. The van der Waals surface area contributed by atoms with E-state index in [-0.39, 0.29) is 17.2 Å². The lowest BCUT2D eigenvalue weighted by atomic mass is 9.49. The van der Waals surface area contributed by atoms with Gasteiger partial charge in [-0.05, 0) is 86.1 Å². The van der Waals surface area contributed by atoms with Gasteiger partial charge in [-0.15, -0.1) is 0 Å². The number of nitrogens with zero attached hydrogens (tertiary/aromatic N) is 3. The lowest BCUT2D eigenvalue weighted by molar-refractivity contribution is -0.146. The van der Waals surface area contributed by atoms with Gasteiger partial charge in [-0.25, -0.2) is 0 Å². The zero-order valence-corrected chi connectivity index (χ0v) is 19.8. The number of carbonyl (C=O) groups is 2. The zero-order chi connectivity index (χ0) is 23.1. The lowest BCUT2D eigenvalue weighted by Gasteiger charge is -2.55. The molecule has 6 heteroatoms. The highest BCUT2D eigenvalue weighted by Gasteiger charge is 2.54. The predicted molar refractivity (Wildman–Crippen MR) is 131 cm³/mol. The quantitative estimate of drug-likeness (QED) is 0.739. The number of nitrogens with one attached hydrogen (secondary N) is 1. The molecule has 0 radical (unpaired) electrons. The average molecular weight is 459 g/mol. The van der Waals surface area contributed by atoms with E-state index in [0.717, 1.165) is 61.4 Å².